The second-order valence-corrected chi connectivity index (χ2v) is 7.86. The third-order valence-electron chi connectivity index (χ3n) is 4.11. The summed E-state index contributed by atoms with van der Waals surface area (Å²) in [7, 11) is 0. The number of benzene rings is 2. The highest BCUT2D eigenvalue weighted by atomic mass is 32.2. The smallest absolute Gasteiger partial charge is 0.252 e. The Morgan fingerprint density at radius 3 is 2.71 bits per heavy atom. The second-order valence-electron chi connectivity index (χ2n) is 6.56. The molecule has 126 valence electrons. The van der Waals surface area contributed by atoms with Crippen molar-refractivity contribution in [2.45, 2.75) is 43.7 Å². The van der Waals surface area contributed by atoms with Gasteiger partial charge in [0.05, 0.1) is 11.6 Å². The molecule has 24 heavy (non-hydrogen) atoms. The maximum absolute atomic E-state index is 12.9. The molecule has 3 nitrogen and oxygen atoms in total. The summed E-state index contributed by atoms with van der Waals surface area (Å²) < 4.78 is 6.04. The average molecular weight is 341 g/mol. The molecule has 0 aromatic heterocycles. The minimum absolute atomic E-state index is 0.0240. The SMILES string of the molecule is CCSc1ccccc1C(=O)N[C@H]1CC(C)(C)Oc2ccccc21. The van der Waals surface area contributed by atoms with E-state index in [-0.39, 0.29) is 17.6 Å². The Bertz CT molecular complexity index is 742. The predicted molar refractivity (Wildman–Crippen MR) is 98.8 cm³/mol. The zero-order chi connectivity index (χ0) is 17.2. The zero-order valence-corrected chi connectivity index (χ0v) is 15.2. The first-order valence-electron chi connectivity index (χ1n) is 8.31. The van der Waals surface area contributed by atoms with Gasteiger partial charge in [-0.1, -0.05) is 37.3 Å². The zero-order valence-electron chi connectivity index (χ0n) is 14.3. The van der Waals surface area contributed by atoms with E-state index in [4.69, 9.17) is 4.74 Å². The van der Waals surface area contributed by atoms with E-state index in [0.717, 1.165) is 33.9 Å². The van der Waals surface area contributed by atoms with E-state index in [1.807, 2.05) is 48.5 Å². The van der Waals surface area contributed by atoms with Crippen molar-refractivity contribution in [3.8, 4) is 5.75 Å². The van der Waals surface area contributed by atoms with Gasteiger partial charge in [0.1, 0.15) is 11.4 Å². The summed E-state index contributed by atoms with van der Waals surface area (Å²) in [4.78, 5) is 13.9. The van der Waals surface area contributed by atoms with Gasteiger partial charge < -0.3 is 10.1 Å². The molecule has 1 amide bonds. The van der Waals surface area contributed by atoms with Crippen molar-refractivity contribution in [3.63, 3.8) is 0 Å². The molecule has 1 N–H and O–H groups in total. The van der Waals surface area contributed by atoms with E-state index >= 15 is 0 Å². The van der Waals surface area contributed by atoms with Crippen molar-refractivity contribution in [2.75, 3.05) is 5.75 Å². The number of ether oxygens (including phenoxy) is 1. The van der Waals surface area contributed by atoms with E-state index in [0.29, 0.717) is 0 Å². The minimum atomic E-state index is -0.302. The van der Waals surface area contributed by atoms with Crippen LogP contribution in [0.15, 0.2) is 53.4 Å². The summed E-state index contributed by atoms with van der Waals surface area (Å²) in [6.45, 7) is 6.21. The molecule has 3 rings (SSSR count). The average Bonchev–Trinajstić information content (AvgIpc) is 2.54. The molecule has 0 saturated carbocycles. The quantitative estimate of drug-likeness (QED) is 0.810. The Morgan fingerprint density at radius 2 is 1.92 bits per heavy atom. The molecule has 0 saturated heterocycles. The van der Waals surface area contributed by atoms with Crippen LogP contribution in [0.1, 0.15) is 49.2 Å². The molecular weight excluding hydrogens is 318 g/mol. The highest BCUT2D eigenvalue weighted by molar-refractivity contribution is 7.99. The predicted octanol–water partition coefficient (Wildman–Crippen LogP) is 4.83. The van der Waals surface area contributed by atoms with Crippen LogP contribution in [0.2, 0.25) is 0 Å². The lowest BCUT2D eigenvalue weighted by Gasteiger charge is -2.38. The van der Waals surface area contributed by atoms with Gasteiger partial charge in [-0.25, -0.2) is 0 Å². The highest BCUT2D eigenvalue weighted by Gasteiger charge is 2.34. The lowest BCUT2D eigenvalue weighted by molar-refractivity contribution is 0.0619. The molecule has 0 bridgehead atoms. The van der Waals surface area contributed by atoms with Crippen LogP contribution >= 0.6 is 11.8 Å². The van der Waals surface area contributed by atoms with Crippen molar-refractivity contribution in [2.24, 2.45) is 0 Å². The van der Waals surface area contributed by atoms with Gasteiger partial charge in [-0.2, -0.15) is 0 Å². The van der Waals surface area contributed by atoms with Crippen molar-refractivity contribution < 1.29 is 9.53 Å². The van der Waals surface area contributed by atoms with Gasteiger partial charge in [-0.3, -0.25) is 4.79 Å². The normalized spacial score (nSPS) is 18.4. The van der Waals surface area contributed by atoms with Gasteiger partial charge in [0.2, 0.25) is 0 Å². The van der Waals surface area contributed by atoms with Gasteiger partial charge in [0.25, 0.3) is 5.91 Å². The Labute approximate surface area is 147 Å². The largest absolute Gasteiger partial charge is 0.487 e. The molecular formula is C20H23NO2S. The molecule has 1 atom stereocenters. The number of fused-ring (bicyclic) bond motifs is 1. The maximum Gasteiger partial charge on any atom is 0.252 e. The number of carbonyl (C=O) groups excluding carboxylic acids is 1. The Kier molecular flexibility index (Phi) is 4.86. The molecule has 1 aliphatic heterocycles. The molecule has 4 heteroatoms. The van der Waals surface area contributed by atoms with E-state index in [1.165, 1.54) is 0 Å². The molecule has 0 aliphatic carbocycles. The first-order chi connectivity index (χ1) is 11.5. The van der Waals surface area contributed by atoms with Crippen LogP contribution in [0.3, 0.4) is 0 Å². The molecule has 0 radical (unpaired) electrons. The first kappa shape index (κ1) is 16.9. The highest BCUT2D eigenvalue weighted by Crippen LogP contribution is 2.39. The summed E-state index contributed by atoms with van der Waals surface area (Å²) in [5, 5.41) is 3.21. The topological polar surface area (TPSA) is 38.3 Å². The van der Waals surface area contributed by atoms with E-state index in [2.05, 4.69) is 26.1 Å². The lowest BCUT2D eigenvalue weighted by Crippen LogP contribution is -2.41. The van der Waals surface area contributed by atoms with E-state index in [9.17, 15) is 4.79 Å². The van der Waals surface area contributed by atoms with Crippen molar-refractivity contribution in [3.05, 3.63) is 59.7 Å². The fourth-order valence-corrected chi connectivity index (χ4v) is 3.90. The van der Waals surface area contributed by atoms with Crippen LogP contribution in [-0.2, 0) is 0 Å². The number of carbonyl (C=O) groups is 1. The molecule has 1 aliphatic rings. The summed E-state index contributed by atoms with van der Waals surface area (Å²) in [6, 6.07) is 15.7. The lowest BCUT2D eigenvalue weighted by atomic mass is 9.89. The fourth-order valence-electron chi connectivity index (χ4n) is 3.10. The molecule has 0 fully saturated rings. The molecule has 0 spiro atoms. The van der Waals surface area contributed by atoms with Crippen molar-refractivity contribution in [1.82, 2.24) is 5.32 Å². The van der Waals surface area contributed by atoms with Gasteiger partial charge in [-0.15, -0.1) is 11.8 Å². The third-order valence-corrected chi connectivity index (χ3v) is 5.07. The summed E-state index contributed by atoms with van der Waals surface area (Å²) in [5.41, 5.74) is 1.49. The van der Waals surface area contributed by atoms with Crippen LogP contribution < -0.4 is 10.1 Å². The van der Waals surface area contributed by atoms with Gasteiger partial charge in [0, 0.05) is 16.9 Å². The number of hydrogen-bond donors (Lipinski definition) is 1. The molecule has 2 aromatic rings. The number of thioether (sulfide) groups is 1. The first-order valence-corrected chi connectivity index (χ1v) is 9.29. The van der Waals surface area contributed by atoms with E-state index < -0.39 is 0 Å². The fraction of sp³-hybridized carbons (Fsp3) is 0.350. The Hall–Kier alpha value is -1.94. The molecule has 0 unspecified atom stereocenters. The summed E-state index contributed by atoms with van der Waals surface area (Å²) in [6.07, 6.45) is 0.749. The minimum Gasteiger partial charge on any atom is -0.487 e. The summed E-state index contributed by atoms with van der Waals surface area (Å²) >= 11 is 1.69. The number of amides is 1. The number of para-hydroxylation sites is 1. The van der Waals surface area contributed by atoms with Crippen LogP contribution in [0.25, 0.3) is 0 Å². The van der Waals surface area contributed by atoms with Crippen LogP contribution in [-0.4, -0.2) is 17.3 Å². The van der Waals surface area contributed by atoms with Crippen LogP contribution in [0.4, 0.5) is 0 Å². The second kappa shape index (κ2) is 6.89. The third kappa shape index (κ3) is 3.59. The monoisotopic (exact) mass is 341 g/mol. The van der Waals surface area contributed by atoms with E-state index in [1.54, 1.807) is 11.8 Å². The Morgan fingerprint density at radius 1 is 1.21 bits per heavy atom. The summed E-state index contributed by atoms with van der Waals surface area (Å²) in [5.74, 6) is 1.77. The number of rotatable bonds is 4. The Balaban J connectivity index is 1.87. The van der Waals surface area contributed by atoms with Gasteiger partial charge >= 0.3 is 0 Å². The van der Waals surface area contributed by atoms with Crippen LogP contribution in [0.5, 0.6) is 5.75 Å². The maximum atomic E-state index is 12.9. The van der Waals surface area contributed by atoms with Gasteiger partial charge in [-0.05, 0) is 37.8 Å². The van der Waals surface area contributed by atoms with Crippen molar-refractivity contribution in [1.29, 1.82) is 0 Å². The van der Waals surface area contributed by atoms with Crippen molar-refractivity contribution >= 4 is 17.7 Å². The number of hydrogen-bond acceptors (Lipinski definition) is 3. The molecule has 2 aromatic carbocycles. The standard InChI is InChI=1S/C20H23NO2S/c1-4-24-18-12-8-6-10-15(18)19(22)21-16-13-20(2,3)23-17-11-7-5-9-14(16)17/h5-12,16H,4,13H2,1-3H3,(H,21,22)/t16-/m0/s1. The molecule has 1 heterocycles. The van der Waals surface area contributed by atoms with Gasteiger partial charge in [0.15, 0.2) is 0 Å². The number of nitrogens with one attached hydrogen (secondary N) is 1. The van der Waals surface area contributed by atoms with Crippen LogP contribution in [0, 0.1) is 0 Å².